The highest BCUT2D eigenvalue weighted by Crippen LogP contribution is 2.30. The van der Waals surface area contributed by atoms with Crippen LogP contribution in [0.4, 0.5) is 11.5 Å². The highest BCUT2D eigenvalue weighted by molar-refractivity contribution is 9.10. The van der Waals surface area contributed by atoms with Crippen molar-refractivity contribution in [3.63, 3.8) is 0 Å². The van der Waals surface area contributed by atoms with Crippen LogP contribution < -0.4 is 5.32 Å². The number of nitrogens with one attached hydrogen (secondary N) is 1. The number of carboxylic acid groups (broad SMARTS) is 2. The molecule has 9 nitrogen and oxygen atoms in total. The molecule has 10 heteroatoms. The third kappa shape index (κ3) is 3.63. The fourth-order valence-electron chi connectivity index (χ4n) is 1.39. The van der Waals surface area contributed by atoms with Crippen molar-refractivity contribution in [3.05, 3.63) is 26.3 Å². The van der Waals surface area contributed by atoms with Crippen LogP contribution in [0, 0.1) is 17.0 Å². The number of halogens is 1. The van der Waals surface area contributed by atoms with Gasteiger partial charge in [-0.1, -0.05) is 0 Å². The van der Waals surface area contributed by atoms with Crippen molar-refractivity contribution in [2.45, 2.75) is 19.4 Å². The van der Waals surface area contributed by atoms with Gasteiger partial charge in [0.1, 0.15) is 18.1 Å². The molecule has 1 unspecified atom stereocenters. The molecule has 0 fully saturated rings. The van der Waals surface area contributed by atoms with Crippen LogP contribution in [-0.2, 0) is 9.59 Å². The van der Waals surface area contributed by atoms with E-state index in [0.29, 0.717) is 0 Å². The minimum atomic E-state index is -1.39. The van der Waals surface area contributed by atoms with Crippen LogP contribution in [0.15, 0.2) is 10.7 Å². The molecule has 3 N–H and O–H groups in total. The summed E-state index contributed by atoms with van der Waals surface area (Å²) in [5, 5.41) is 30.7. The van der Waals surface area contributed by atoms with E-state index in [2.05, 4.69) is 26.2 Å². The van der Waals surface area contributed by atoms with Gasteiger partial charge in [-0.15, -0.1) is 0 Å². The molecule has 0 aliphatic heterocycles. The average Bonchev–Trinajstić information content (AvgIpc) is 2.32. The lowest BCUT2D eigenvalue weighted by atomic mass is 10.2. The first kappa shape index (κ1) is 15.8. The number of pyridine rings is 1. The molecule has 0 saturated carbocycles. The molecule has 0 amide bonds. The summed E-state index contributed by atoms with van der Waals surface area (Å²) in [6.07, 6.45) is 0.321. The van der Waals surface area contributed by atoms with Crippen molar-refractivity contribution >= 4 is 39.4 Å². The number of carboxylic acids is 2. The fraction of sp³-hybridized carbons (Fsp3) is 0.300. The number of nitro groups is 1. The maximum absolute atomic E-state index is 10.9. The molecule has 1 heterocycles. The molecule has 1 aromatic rings. The standard InChI is InChI=1S/C10H10BrN3O6/c1-4-6(14(19)20)3-12-9(8(4)11)13-5(10(17)18)2-7(15)16/h3,5H,2H2,1H3,(H,12,13)(H,15,16)(H,17,18). The van der Waals surface area contributed by atoms with Crippen LogP contribution in [0.25, 0.3) is 0 Å². The van der Waals surface area contributed by atoms with Crippen LogP contribution in [0.2, 0.25) is 0 Å². The van der Waals surface area contributed by atoms with Crippen LogP contribution >= 0.6 is 15.9 Å². The number of rotatable bonds is 6. The molecule has 0 bridgehead atoms. The SMILES string of the molecule is Cc1c([N+](=O)[O-])cnc(NC(CC(=O)O)C(=O)O)c1Br. The third-order valence-corrected chi connectivity index (χ3v) is 3.39. The van der Waals surface area contributed by atoms with Crippen molar-refractivity contribution in [1.29, 1.82) is 0 Å². The minimum Gasteiger partial charge on any atom is -0.481 e. The number of nitrogens with zero attached hydrogens (tertiary/aromatic N) is 2. The summed E-state index contributed by atoms with van der Waals surface area (Å²) in [6, 6.07) is -1.39. The summed E-state index contributed by atoms with van der Waals surface area (Å²) < 4.78 is 0.211. The average molecular weight is 348 g/mol. The van der Waals surface area contributed by atoms with Gasteiger partial charge in [-0.05, 0) is 22.9 Å². The zero-order valence-corrected chi connectivity index (χ0v) is 11.7. The highest BCUT2D eigenvalue weighted by Gasteiger charge is 2.24. The van der Waals surface area contributed by atoms with E-state index in [-0.39, 0.29) is 21.5 Å². The second kappa shape index (κ2) is 6.28. The topological polar surface area (TPSA) is 143 Å². The predicted octanol–water partition coefficient (Wildman–Crippen LogP) is 1.40. The van der Waals surface area contributed by atoms with E-state index in [4.69, 9.17) is 10.2 Å². The van der Waals surface area contributed by atoms with Crippen molar-refractivity contribution in [2.24, 2.45) is 0 Å². The molecule has 1 rings (SSSR count). The van der Waals surface area contributed by atoms with Gasteiger partial charge in [0.05, 0.1) is 15.8 Å². The van der Waals surface area contributed by atoms with E-state index in [1.54, 1.807) is 0 Å². The predicted molar refractivity (Wildman–Crippen MR) is 70.6 cm³/mol. The first-order valence-corrected chi connectivity index (χ1v) is 6.04. The van der Waals surface area contributed by atoms with Crippen LogP contribution in [0.5, 0.6) is 0 Å². The quantitative estimate of drug-likeness (QED) is 0.517. The number of hydrogen-bond donors (Lipinski definition) is 3. The molecular formula is C10H10BrN3O6. The molecule has 0 saturated heterocycles. The molecule has 1 aromatic heterocycles. The largest absolute Gasteiger partial charge is 0.481 e. The Bertz CT molecular complexity index is 576. The second-order valence-corrected chi connectivity index (χ2v) is 4.61. The van der Waals surface area contributed by atoms with E-state index in [9.17, 15) is 19.7 Å². The van der Waals surface area contributed by atoms with E-state index in [1.165, 1.54) is 6.92 Å². The third-order valence-electron chi connectivity index (χ3n) is 2.42. The molecule has 108 valence electrons. The van der Waals surface area contributed by atoms with Gasteiger partial charge in [0.15, 0.2) is 0 Å². The van der Waals surface area contributed by atoms with E-state index in [1.807, 2.05) is 0 Å². The molecule has 0 aliphatic carbocycles. The van der Waals surface area contributed by atoms with Gasteiger partial charge < -0.3 is 15.5 Å². The Balaban J connectivity index is 3.08. The molecule has 0 aliphatic rings. The van der Waals surface area contributed by atoms with Gasteiger partial charge in [-0.2, -0.15) is 0 Å². The van der Waals surface area contributed by atoms with Gasteiger partial charge in [-0.3, -0.25) is 14.9 Å². The second-order valence-electron chi connectivity index (χ2n) is 3.82. The Morgan fingerprint density at radius 2 is 2.15 bits per heavy atom. The lowest BCUT2D eigenvalue weighted by molar-refractivity contribution is -0.385. The normalized spacial score (nSPS) is 11.7. The summed E-state index contributed by atoms with van der Waals surface area (Å²) in [5.74, 6) is -2.63. The number of aliphatic carboxylic acids is 2. The summed E-state index contributed by atoms with van der Waals surface area (Å²) in [6.45, 7) is 1.46. The summed E-state index contributed by atoms with van der Waals surface area (Å²) in [4.78, 5) is 35.3. The molecule has 1 atom stereocenters. The summed E-state index contributed by atoms with van der Waals surface area (Å²) in [5.41, 5.74) is 0.0273. The lowest BCUT2D eigenvalue weighted by Gasteiger charge is -2.14. The smallest absolute Gasteiger partial charge is 0.326 e. The van der Waals surface area contributed by atoms with E-state index in [0.717, 1.165) is 6.20 Å². The van der Waals surface area contributed by atoms with Crippen molar-refractivity contribution in [3.8, 4) is 0 Å². The Morgan fingerprint density at radius 1 is 1.55 bits per heavy atom. The first-order valence-electron chi connectivity index (χ1n) is 5.24. The van der Waals surface area contributed by atoms with Crippen LogP contribution in [0.1, 0.15) is 12.0 Å². The Labute approximate surface area is 120 Å². The fourth-order valence-corrected chi connectivity index (χ4v) is 1.81. The monoisotopic (exact) mass is 347 g/mol. The molecule has 0 spiro atoms. The molecule has 0 aromatic carbocycles. The van der Waals surface area contributed by atoms with Gasteiger partial charge in [0, 0.05) is 5.56 Å². The number of aromatic nitrogens is 1. The van der Waals surface area contributed by atoms with Crippen molar-refractivity contribution < 1.29 is 24.7 Å². The summed E-state index contributed by atoms with van der Waals surface area (Å²) >= 11 is 3.07. The maximum atomic E-state index is 10.9. The highest BCUT2D eigenvalue weighted by atomic mass is 79.9. The number of anilines is 1. The Morgan fingerprint density at radius 3 is 2.60 bits per heavy atom. The molecule has 20 heavy (non-hydrogen) atoms. The van der Waals surface area contributed by atoms with Crippen molar-refractivity contribution in [2.75, 3.05) is 5.32 Å². The molecule has 0 radical (unpaired) electrons. The first-order chi connectivity index (χ1) is 9.23. The minimum absolute atomic E-state index is 0.0294. The van der Waals surface area contributed by atoms with Crippen molar-refractivity contribution in [1.82, 2.24) is 4.98 Å². The van der Waals surface area contributed by atoms with Gasteiger partial charge in [-0.25, -0.2) is 9.78 Å². The molecular weight excluding hydrogens is 338 g/mol. The van der Waals surface area contributed by atoms with Gasteiger partial charge in [0.2, 0.25) is 0 Å². The Hall–Kier alpha value is -2.23. The number of carbonyl (C=O) groups is 2. The van der Waals surface area contributed by atoms with Crippen LogP contribution in [0.3, 0.4) is 0 Å². The van der Waals surface area contributed by atoms with E-state index < -0.39 is 29.3 Å². The van der Waals surface area contributed by atoms with Gasteiger partial charge >= 0.3 is 11.9 Å². The number of hydrogen-bond acceptors (Lipinski definition) is 6. The summed E-state index contributed by atoms with van der Waals surface area (Å²) in [7, 11) is 0. The van der Waals surface area contributed by atoms with E-state index >= 15 is 0 Å². The Kier molecular flexibility index (Phi) is 4.97. The van der Waals surface area contributed by atoms with Crippen LogP contribution in [-0.4, -0.2) is 38.1 Å². The zero-order valence-electron chi connectivity index (χ0n) is 10.2. The lowest BCUT2D eigenvalue weighted by Crippen LogP contribution is -2.32. The zero-order chi connectivity index (χ0) is 15.4. The maximum Gasteiger partial charge on any atom is 0.326 e. The van der Waals surface area contributed by atoms with Gasteiger partial charge in [0.25, 0.3) is 5.69 Å².